The molecule has 0 N–H and O–H groups in total. The maximum Gasteiger partial charge on any atom is 0.0414 e. The average Bonchev–Trinajstić information content (AvgIpc) is 2.93. The number of benzene rings is 1. The first kappa shape index (κ1) is 14.9. The van der Waals surface area contributed by atoms with Crippen molar-refractivity contribution in [3.63, 3.8) is 0 Å². The van der Waals surface area contributed by atoms with Crippen molar-refractivity contribution in [3.05, 3.63) is 29.8 Å². The van der Waals surface area contributed by atoms with Gasteiger partial charge in [-0.1, -0.05) is 18.2 Å². The van der Waals surface area contributed by atoms with Crippen molar-refractivity contribution in [2.45, 2.75) is 37.8 Å². The minimum absolute atomic E-state index is 0.618. The second-order valence-electron chi connectivity index (χ2n) is 6.88. The highest BCUT2D eigenvalue weighted by molar-refractivity contribution is 5.55. The Morgan fingerprint density at radius 3 is 2.33 bits per heavy atom. The fourth-order valence-electron chi connectivity index (χ4n) is 3.98. The normalized spacial score (nSPS) is 25.0. The molecule has 21 heavy (non-hydrogen) atoms. The van der Waals surface area contributed by atoms with Gasteiger partial charge >= 0.3 is 0 Å². The van der Waals surface area contributed by atoms with Gasteiger partial charge in [-0.2, -0.15) is 0 Å². The summed E-state index contributed by atoms with van der Waals surface area (Å²) in [6.45, 7) is 3.62. The highest BCUT2D eigenvalue weighted by Gasteiger charge is 2.28. The van der Waals surface area contributed by atoms with Gasteiger partial charge in [-0.25, -0.2) is 0 Å². The van der Waals surface area contributed by atoms with Gasteiger partial charge in [0.1, 0.15) is 0 Å². The summed E-state index contributed by atoms with van der Waals surface area (Å²) in [5.74, 6) is 0. The predicted molar refractivity (Wildman–Crippen MR) is 90.0 cm³/mol. The molecule has 0 amide bonds. The van der Waals surface area contributed by atoms with Crippen molar-refractivity contribution < 1.29 is 0 Å². The van der Waals surface area contributed by atoms with E-state index >= 15 is 0 Å². The van der Waals surface area contributed by atoms with Crippen LogP contribution in [-0.4, -0.2) is 56.6 Å². The molecular weight excluding hydrogens is 258 g/mol. The lowest BCUT2D eigenvalue weighted by atomic mass is 9.98. The number of likely N-dealkylation sites (tertiary alicyclic amines) is 1. The second kappa shape index (κ2) is 6.37. The molecule has 0 spiro atoms. The van der Waals surface area contributed by atoms with Gasteiger partial charge in [-0.05, 0) is 65.0 Å². The standard InChI is InChI=1S/C18H29N3/c1-19(2)15-10-13-21(14-11-15)18-8-5-4-7-16(18)17-9-6-12-20(17)3/h4-5,7-8,15,17H,6,9-14H2,1-3H3. The van der Waals surface area contributed by atoms with Gasteiger partial charge in [0.05, 0.1) is 0 Å². The topological polar surface area (TPSA) is 9.72 Å². The lowest BCUT2D eigenvalue weighted by molar-refractivity contribution is 0.249. The van der Waals surface area contributed by atoms with Crippen molar-refractivity contribution in [1.29, 1.82) is 0 Å². The molecule has 1 unspecified atom stereocenters. The van der Waals surface area contributed by atoms with E-state index in [0.717, 1.165) is 6.04 Å². The van der Waals surface area contributed by atoms with Crippen molar-refractivity contribution in [2.24, 2.45) is 0 Å². The Morgan fingerprint density at radius 2 is 1.71 bits per heavy atom. The molecule has 3 rings (SSSR count). The van der Waals surface area contributed by atoms with Crippen LogP contribution < -0.4 is 4.90 Å². The molecule has 116 valence electrons. The summed E-state index contributed by atoms with van der Waals surface area (Å²) >= 11 is 0. The maximum absolute atomic E-state index is 2.61. The summed E-state index contributed by atoms with van der Waals surface area (Å²) in [5.41, 5.74) is 3.02. The quantitative estimate of drug-likeness (QED) is 0.846. The molecule has 2 aliphatic heterocycles. The van der Waals surface area contributed by atoms with Gasteiger partial charge < -0.3 is 9.80 Å². The van der Waals surface area contributed by atoms with E-state index in [1.54, 1.807) is 5.56 Å². The van der Waals surface area contributed by atoms with Crippen molar-refractivity contribution in [3.8, 4) is 0 Å². The molecule has 2 aliphatic rings. The maximum atomic E-state index is 2.61. The van der Waals surface area contributed by atoms with Gasteiger partial charge in [0.15, 0.2) is 0 Å². The van der Waals surface area contributed by atoms with E-state index in [1.807, 2.05) is 0 Å². The number of hydrogen-bond donors (Lipinski definition) is 0. The van der Waals surface area contributed by atoms with Gasteiger partial charge in [-0.15, -0.1) is 0 Å². The summed E-state index contributed by atoms with van der Waals surface area (Å²) in [6.07, 6.45) is 5.20. The molecule has 1 atom stereocenters. The van der Waals surface area contributed by atoms with Crippen LogP contribution in [0.3, 0.4) is 0 Å². The van der Waals surface area contributed by atoms with Crippen LogP contribution in [0.2, 0.25) is 0 Å². The number of rotatable bonds is 3. The number of nitrogens with zero attached hydrogens (tertiary/aromatic N) is 3. The smallest absolute Gasteiger partial charge is 0.0414 e. The molecule has 0 aromatic heterocycles. The molecule has 2 heterocycles. The molecule has 0 radical (unpaired) electrons. The first-order chi connectivity index (χ1) is 10.2. The number of para-hydroxylation sites is 1. The van der Waals surface area contributed by atoms with Crippen LogP contribution in [0, 0.1) is 0 Å². The van der Waals surface area contributed by atoms with Crippen LogP contribution in [0.5, 0.6) is 0 Å². The summed E-state index contributed by atoms with van der Waals surface area (Å²) in [7, 11) is 6.69. The van der Waals surface area contributed by atoms with Crippen LogP contribution in [0.4, 0.5) is 5.69 Å². The average molecular weight is 287 g/mol. The van der Waals surface area contributed by atoms with Gasteiger partial charge in [0.2, 0.25) is 0 Å². The Kier molecular flexibility index (Phi) is 4.51. The van der Waals surface area contributed by atoms with Crippen LogP contribution in [-0.2, 0) is 0 Å². The monoisotopic (exact) mass is 287 g/mol. The van der Waals surface area contributed by atoms with Crippen LogP contribution >= 0.6 is 0 Å². The molecule has 2 fully saturated rings. The lowest BCUT2D eigenvalue weighted by Gasteiger charge is -2.38. The van der Waals surface area contributed by atoms with E-state index < -0.39 is 0 Å². The first-order valence-corrected chi connectivity index (χ1v) is 8.37. The summed E-state index contributed by atoms with van der Waals surface area (Å²) in [5, 5.41) is 0. The molecule has 3 nitrogen and oxygen atoms in total. The predicted octanol–water partition coefficient (Wildman–Crippen LogP) is 2.98. The molecule has 0 saturated carbocycles. The van der Waals surface area contributed by atoms with Gasteiger partial charge in [0, 0.05) is 30.9 Å². The Morgan fingerprint density at radius 1 is 1.00 bits per heavy atom. The van der Waals surface area contributed by atoms with E-state index in [0.29, 0.717) is 6.04 Å². The van der Waals surface area contributed by atoms with E-state index in [-0.39, 0.29) is 0 Å². The fourth-order valence-corrected chi connectivity index (χ4v) is 3.98. The number of piperidine rings is 1. The summed E-state index contributed by atoms with van der Waals surface area (Å²) in [6, 6.07) is 10.5. The largest absolute Gasteiger partial charge is 0.371 e. The lowest BCUT2D eigenvalue weighted by Crippen LogP contribution is -2.42. The van der Waals surface area contributed by atoms with E-state index in [9.17, 15) is 0 Å². The zero-order valence-corrected chi connectivity index (χ0v) is 13.8. The fraction of sp³-hybridized carbons (Fsp3) is 0.667. The minimum atomic E-state index is 0.618. The molecule has 0 bridgehead atoms. The Labute approximate surface area is 129 Å². The minimum Gasteiger partial charge on any atom is -0.371 e. The van der Waals surface area contributed by atoms with E-state index in [2.05, 4.69) is 60.1 Å². The zero-order chi connectivity index (χ0) is 14.8. The van der Waals surface area contributed by atoms with Crippen molar-refractivity contribution in [1.82, 2.24) is 9.80 Å². The Balaban J connectivity index is 1.77. The highest BCUT2D eigenvalue weighted by atomic mass is 15.2. The SMILES string of the molecule is CN(C)C1CCN(c2ccccc2C2CCCN2C)CC1. The molecule has 0 aliphatic carbocycles. The van der Waals surface area contributed by atoms with Gasteiger partial charge in [-0.3, -0.25) is 4.90 Å². The zero-order valence-electron chi connectivity index (χ0n) is 13.8. The van der Waals surface area contributed by atoms with Crippen LogP contribution in [0.1, 0.15) is 37.3 Å². The third-order valence-electron chi connectivity index (χ3n) is 5.35. The molecule has 1 aromatic carbocycles. The van der Waals surface area contributed by atoms with E-state index in [1.165, 1.54) is 51.0 Å². The van der Waals surface area contributed by atoms with Crippen LogP contribution in [0.25, 0.3) is 0 Å². The van der Waals surface area contributed by atoms with Gasteiger partial charge in [0.25, 0.3) is 0 Å². The Hall–Kier alpha value is -1.06. The summed E-state index contributed by atoms with van der Waals surface area (Å²) in [4.78, 5) is 7.51. The first-order valence-electron chi connectivity index (χ1n) is 8.37. The molecule has 1 aromatic rings. The number of anilines is 1. The highest BCUT2D eigenvalue weighted by Crippen LogP contribution is 2.37. The van der Waals surface area contributed by atoms with Crippen molar-refractivity contribution >= 4 is 5.69 Å². The molecule has 2 saturated heterocycles. The van der Waals surface area contributed by atoms with E-state index in [4.69, 9.17) is 0 Å². The summed E-state index contributed by atoms with van der Waals surface area (Å²) < 4.78 is 0. The second-order valence-corrected chi connectivity index (χ2v) is 6.88. The molecule has 3 heteroatoms. The third-order valence-corrected chi connectivity index (χ3v) is 5.35. The third kappa shape index (κ3) is 3.09. The Bertz CT molecular complexity index is 463. The molecular formula is C18H29N3. The number of hydrogen-bond acceptors (Lipinski definition) is 3. The van der Waals surface area contributed by atoms with Crippen LogP contribution in [0.15, 0.2) is 24.3 Å². The van der Waals surface area contributed by atoms with Crippen molar-refractivity contribution in [2.75, 3.05) is 45.7 Å².